The van der Waals surface area contributed by atoms with Crippen LogP contribution < -0.4 is 9.64 Å². The van der Waals surface area contributed by atoms with Gasteiger partial charge < -0.3 is 19.1 Å². The van der Waals surface area contributed by atoms with Crippen molar-refractivity contribution in [2.75, 3.05) is 31.1 Å². The van der Waals surface area contributed by atoms with Gasteiger partial charge in [-0.15, -0.1) is 0 Å². The van der Waals surface area contributed by atoms with Crippen molar-refractivity contribution in [3.8, 4) is 17.3 Å². The molecule has 7 nitrogen and oxygen atoms in total. The van der Waals surface area contributed by atoms with Crippen LogP contribution in [0.15, 0.2) is 91.5 Å². The maximum atomic E-state index is 13.0. The van der Waals surface area contributed by atoms with E-state index in [0.29, 0.717) is 24.4 Å². The lowest BCUT2D eigenvalue weighted by atomic mass is 10.1. The van der Waals surface area contributed by atoms with Crippen LogP contribution in [0.5, 0.6) is 11.5 Å². The first-order valence-electron chi connectivity index (χ1n) is 10.6. The Morgan fingerprint density at radius 2 is 1.41 bits per heavy atom. The molecule has 0 spiro atoms. The first-order valence-corrected chi connectivity index (χ1v) is 10.6. The lowest BCUT2D eigenvalue weighted by Gasteiger charge is -2.35. The maximum absolute atomic E-state index is 13.0. The number of rotatable bonds is 5. The summed E-state index contributed by atoms with van der Waals surface area (Å²) in [6.07, 6.45) is 5.50. The van der Waals surface area contributed by atoms with Gasteiger partial charge >= 0.3 is 0 Å². The van der Waals surface area contributed by atoms with E-state index in [1.165, 1.54) is 0 Å². The van der Waals surface area contributed by atoms with E-state index in [9.17, 15) is 4.79 Å². The van der Waals surface area contributed by atoms with Gasteiger partial charge in [0, 0.05) is 50.2 Å². The van der Waals surface area contributed by atoms with Crippen LogP contribution in [-0.4, -0.2) is 51.5 Å². The molecule has 1 amide bonds. The van der Waals surface area contributed by atoms with Crippen molar-refractivity contribution >= 4 is 11.7 Å². The van der Waals surface area contributed by atoms with Crippen molar-refractivity contribution in [1.82, 2.24) is 19.4 Å². The molecule has 0 aliphatic carbocycles. The summed E-state index contributed by atoms with van der Waals surface area (Å²) in [7, 11) is 0. The Bertz CT molecular complexity index is 1170. The zero-order valence-electron chi connectivity index (χ0n) is 17.5. The summed E-state index contributed by atoms with van der Waals surface area (Å²) < 4.78 is 7.77. The van der Waals surface area contributed by atoms with E-state index in [2.05, 4.69) is 14.9 Å². The number of ether oxygens (including phenoxy) is 1. The Hall–Kier alpha value is -4.13. The van der Waals surface area contributed by atoms with Gasteiger partial charge in [0.15, 0.2) is 0 Å². The van der Waals surface area contributed by atoms with Gasteiger partial charge in [0.1, 0.15) is 29.5 Å². The second-order valence-electron chi connectivity index (χ2n) is 7.54. The Balaban J connectivity index is 1.20. The van der Waals surface area contributed by atoms with E-state index in [-0.39, 0.29) is 5.91 Å². The third-order valence-electron chi connectivity index (χ3n) is 5.48. The van der Waals surface area contributed by atoms with Gasteiger partial charge in [0.2, 0.25) is 0 Å². The van der Waals surface area contributed by atoms with Crippen molar-refractivity contribution in [2.45, 2.75) is 0 Å². The number of para-hydroxylation sites is 1. The van der Waals surface area contributed by atoms with Crippen LogP contribution in [0.3, 0.4) is 0 Å². The monoisotopic (exact) mass is 425 g/mol. The standard InChI is InChI=1S/C25H23N5O2/c31-25(20-8-10-22(11-9-20)32-21-6-2-1-3-7-21)30-16-14-29(15-17-30)24-18-23(26-19-27-24)28-12-4-5-13-28/h1-13,18-19H,14-17H2. The number of nitrogens with zero attached hydrogens (tertiary/aromatic N) is 5. The van der Waals surface area contributed by atoms with Crippen LogP contribution in [0.4, 0.5) is 5.82 Å². The highest BCUT2D eigenvalue weighted by Gasteiger charge is 2.23. The maximum Gasteiger partial charge on any atom is 0.253 e. The fraction of sp³-hybridized carbons (Fsp3) is 0.160. The molecule has 0 atom stereocenters. The zero-order valence-corrected chi connectivity index (χ0v) is 17.5. The van der Waals surface area contributed by atoms with Gasteiger partial charge in [-0.1, -0.05) is 18.2 Å². The Morgan fingerprint density at radius 1 is 0.750 bits per heavy atom. The minimum Gasteiger partial charge on any atom is -0.457 e. The van der Waals surface area contributed by atoms with Crippen LogP contribution >= 0.6 is 0 Å². The number of amides is 1. The molecule has 2 aromatic carbocycles. The molecule has 0 radical (unpaired) electrons. The summed E-state index contributed by atoms with van der Waals surface area (Å²) in [6.45, 7) is 2.74. The van der Waals surface area contributed by atoms with Crippen LogP contribution in [0.2, 0.25) is 0 Å². The zero-order chi connectivity index (χ0) is 21.8. The predicted molar refractivity (Wildman–Crippen MR) is 122 cm³/mol. The molecule has 5 rings (SSSR count). The molecule has 160 valence electrons. The van der Waals surface area contributed by atoms with Crippen molar-refractivity contribution in [3.05, 3.63) is 97.1 Å². The molecule has 2 aromatic heterocycles. The smallest absolute Gasteiger partial charge is 0.253 e. The molecular formula is C25H23N5O2. The minimum atomic E-state index is 0.0339. The summed E-state index contributed by atoms with van der Waals surface area (Å²) in [5, 5.41) is 0. The molecule has 4 aromatic rings. The Morgan fingerprint density at radius 3 is 2.12 bits per heavy atom. The molecule has 1 aliphatic heterocycles. The van der Waals surface area contributed by atoms with Crippen LogP contribution in [0.25, 0.3) is 5.82 Å². The molecule has 0 unspecified atom stereocenters. The molecule has 1 fully saturated rings. The van der Waals surface area contributed by atoms with Gasteiger partial charge in [0.05, 0.1) is 0 Å². The quantitative estimate of drug-likeness (QED) is 0.483. The minimum absolute atomic E-state index is 0.0339. The number of anilines is 1. The molecule has 0 bridgehead atoms. The molecule has 1 aliphatic rings. The number of carbonyl (C=O) groups excluding carboxylic acids is 1. The average Bonchev–Trinajstić information content (AvgIpc) is 3.40. The second-order valence-corrected chi connectivity index (χ2v) is 7.54. The number of aromatic nitrogens is 3. The second kappa shape index (κ2) is 8.93. The van der Waals surface area contributed by atoms with E-state index < -0.39 is 0 Å². The molecule has 0 saturated carbocycles. The highest BCUT2D eigenvalue weighted by atomic mass is 16.5. The summed E-state index contributed by atoms with van der Waals surface area (Å²) in [4.78, 5) is 25.8. The number of hydrogen-bond donors (Lipinski definition) is 0. The third kappa shape index (κ3) is 4.32. The van der Waals surface area contributed by atoms with Gasteiger partial charge in [0.25, 0.3) is 5.91 Å². The largest absolute Gasteiger partial charge is 0.457 e. The molecular weight excluding hydrogens is 402 g/mol. The highest BCUT2D eigenvalue weighted by molar-refractivity contribution is 5.94. The first-order chi connectivity index (χ1) is 15.8. The topological polar surface area (TPSA) is 63.5 Å². The molecule has 32 heavy (non-hydrogen) atoms. The number of piperazine rings is 1. The van der Waals surface area contributed by atoms with Gasteiger partial charge in [-0.05, 0) is 48.5 Å². The van der Waals surface area contributed by atoms with Gasteiger partial charge in [-0.2, -0.15) is 0 Å². The van der Waals surface area contributed by atoms with E-state index in [1.54, 1.807) is 6.33 Å². The van der Waals surface area contributed by atoms with Gasteiger partial charge in [-0.25, -0.2) is 9.97 Å². The summed E-state index contributed by atoms with van der Waals surface area (Å²) in [5.41, 5.74) is 0.663. The summed E-state index contributed by atoms with van der Waals surface area (Å²) >= 11 is 0. The van der Waals surface area contributed by atoms with Crippen LogP contribution in [-0.2, 0) is 0 Å². The molecule has 1 saturated heterocycles. The highest BCUT2D eigenvalue weighted by Crippen LogP contribution is 2.22. The normalized spacial score (nSPS) is 13.8. The SMILES string of the molecule is O=C(c1ccc(Oc2ccccc2)cc1)N1CCN(c2cc(-n3cccc3)ncn2)CC1. The number of carbonyl (C=O) groups is 1. The third-order valence-corrected chi connectivity index (χ3v) is 5.48. The lowest BCUT2D eigenvalue weighted by molar-refractivity contribution is 0.0746. The fourth-order valence-corrected chi connectivity index (χ4v) is 3.75. The average molecular weight is 425 g/mol. The van der Waals surface area contributed by atoms with Crippen molar-refractivity contribution in [1.29, 1.82) is 0 Å². The molecule has 0 N–H and O–H groups in total. The van der Waals surface area contributed by atoms with Crippen LogP contribution in [0, 0.1) is 0 Å². The molecule has 3 heterocycles. The van der Waals surface area contributed by atoms with E-state index in [1.807, 2.05) is 94.7 Å². The van der Waals surface area contributed by atoms with Crippen LogP contribution in [0.1, 0.15) is 10.4 Å². The fourth-order valence-electron chi connectivity index (χ4n) is 3.75. The first kappa shape index (κ1) is 19.8. The Labute approximate surface area is 186 Å². The van der Waals surface area contributed by atoms with Crippen molar-refractivity contribution in [2.24, 2.45) is 0 Å². The number of hydrogen-bond acceptors (Lipinski definition) is 5. The number of benzene rings is 2. The lowest BCUT2D eigenvalue weighted by Crippen LogP contribution is -2.49. The van der Waals surface area contributed by atoms with Crippen molar-refractivity contribution in [3.63, 3.8) is 0 Å². The van der Waals surface area contributed by atoms with E-state index >= 15 is 0 Å². The van der Waals surface area contributed by atoms with Crippen molar-refractivity contribution < 1.29 is 9.53 Å². The predicted octanol–water partition coefficient (Wildman–Crippen LogP) is 4.02. The van der Waals surface area contributed by atoms with E-state index in [0.717, 1.165) is 30.5 Å². The molecule has 7 heteroatoms. The summed E-state index contributed by atoms with van der Waals surface area (Å²) in [6, 6.07) is 22.8. The summed E-state index contributed by atoms with van der Waals surface area (Å²) in [5.74, 6) is 3.22. The van der Waals surface area contributed by atoms with Gasteiger partial charge in [-0.3, -0.25) is 4.79 Å². The van der Waals surface area contributed by atoms with E-state index in [4.69, 9.17) is 4.74 Å². The Kier molecular flexibility index (Phi) is 5.53.